The summed E-state index contributed by atoms with van der Waals surface area (Å²) in [6.45, 7) is 17.1. The summed E-state index contributed by atoms with van der Waals surface area (Å²) >= 11 is 1.89. The van der Waals surface area contributed by atoms with Gasteiger partial charge in [0.2, 0.25) is 0 Å². The van der Waals surface area contributed by atoms with Crippen molar-refractivity contribution in [3.05, 3.63) is 173 Å². The topological polar surface area (TPSA) is 3.24 Å². The molecule has 0 amide bonds. The predicted octanol–water partition coefficient (Wildman–Crippen LogP) is 15.1. The van der Waals surface area contributed by atoms with Crippen LogP contribution in [0.3, 0.4) is 0 Å². The standard InChI is InChI=1S/C52H45NS/c1-50(2,3)46-44-38-20-11-14-22-40(38)51(4,5)47(44)49(48-45(46)39-21-12-15-23-41(39)52(48,6)7)53(34-27-25-33(26-28-34)32-17-9-8-10-18-32)35-29-30-37-36-19-13-16-24-42(36)54-43(37)31-35/h8-31H,1-7H3. The van der Waals surface area contributed by atoms with Crippen LogP contribution in [0.4, 0.5) is 17.1 Å². The monoisotopic (exact) mass is 715 g/mol. The molecule has 2 aliphatic carbocycles. The number of fused-ring (bicyclic) bond motifs is 9. The molecule has 264 valence electrons. The van der Waals surface area contributed by atoms with Crippen LogP contribution in [0, 0.1) is 0 Å². The highest BCUT2D eigenvalue weighted by molar-refractivity contribution is 7.25. The summed E-state index contributed by atoms with van der Waals surface area (Å²) < 4.78 is 2.64. The molecule has 1 aromatic heterocycles. The van der Waals surface area contributed by atoms with E-state index < -0.39 is 0 Å². The van der Waals surface area contributed by atoms with Crippen LogP contribution < -0.4 is 4.90 Å². The second-order valence-electron chi connectivity index (χ2n) is 17.3. The zero-order chi connectivity index (χ0) is 37.1. The molecule has 0 atom stereocenters. The van der Waals surface area contributed by atoms with Gasteiger partial charge in [-0.05, 0) is 96.9 Å². The Morgan fingerprint density at radius 1 is 0.481 bits per heavy atom. The van der Waals surface area contributed by atoms with E-state index in [0.717, 1.165) is 0 Å². The fourth-order valence-electron chi connectivity index (χ4n) is 9.92. The molecular formula is C52H45NS. The van der Waals surface area contributed by atoms with E-state index in [1.807, 2.05) is 11.3 Å². The van der Waals surface area contributed by atoms with Crippen molar-refractivity contribution in [1.29, 1.82) is 0 Å². The Bertz CT molecular complexity index is 2710. The Morgan fingerprint density at radius 2 is 0.981 bits per heavy atom. The maximum absolute atomic E-state index is 2.63. The Hall–Kier alpha value is -5.44. The predicted molar refractivity (Wildman–Crippen MR) is 233 cm³/mol. The van der Waals surface area contributed by atoms with Crippen molar-refractivity contribution in [2.45, 2.75) is 64.7 Å². The lowest BCUT2D eigenvalue weighted by atomic mass is 9.71. The molecule has 2 heteroatoms. The molecule has 0 saturated heterocycles. The number of rotatable bonds is 4. The SMILES string of the molecule is CC(C)(C)c1c2c(c(N(c3ccc(-c4ccccc4)cc3)c3ccc4c(c3)sc3ccccc34)c3c1-c1ccccc1C3(C)C)C(C)(C)c1ccccc1-2. The molecule has 10 rings (SSSR count). The number of anilines is 3. The first-order valence-electron chi connectivity index (χ1n) is 19.3. The van der Waals surface area contributed by atoms with E-state index in [-0.39, 0.29) is 16.2 Å². The highest BCUT2D eigenvalue weighted by Gasteiger charge is 2.50. The first-order valence-corrected chi connectivity index (χ1v) is 20.1. The van der Waals surface area contributed by atoms with Gasteiger partial charge in [-0.25, -0.2) is 0 Å². The Balaban J connectivity index is 1.37. The Kier molecular flexibility index (Phi) is 7.08. The molecule has 0 unspecified atom stereocenters. The van der Waals surface area contributed by atoms with Gasteiger partial charge in [0.05, 0.1) is 5.69 Å². The lowest BCUT2D eigenvalue weighted by Gasteiger charge is -2.39. The van der Waals surface area contributed by atoms with Crippen LogP contribution >= 0.6 is 11.3 Å². The van der Waals surface area contributed by atoms with E-state index in [1.165, 1.54) is 98.4 Å². The zero-order valence-electron chi connectivity index (χ0n) is 32.2. The lowest BCUT2D eigenvalue weighted by molar-refractivity contribution is 0.587. The maximum Gasteiger partial charge on any atom is 0.0556 e. The Morgan fingerprint density at radius 3 is 1.59 bits per heavy atom. The molecule has 0 fully saturated rings. The Labute approximate surface area is 323 Å². The van der Waals surface area contributed by atoms with E-state index in [0.29, 0.717) is 0 Å². The summed E-state index contributed by atoms with van der Waals surface area (Å²) in [6, 6.07) is 54.5. The summed E-state index contributed by atoms with van der Waals surface area (Å²) in [7, 11) is 0. The van der Waals surface area contributed by atoms with E-state index in [1.54, 1.807) is 0 Å². The van der Waals surface area contributed by atoms with Gasteiger partial charge >= 0.3 is 0 Å². The lowest BCUT2D eigenvalue weighted by Crippen LogP contribution is -2.27. The highest BCUT2D eigenvalue weighted by Crippen LogP contribution is 2.65. The molecule has 1 heterocycles. The molecule has 0 aliphatic heterocycles. The second-order valence-corrected chi connectivity index (χ2v) is 18.4. The number of hydrogen-bond acceptors (Lipinski definition) is 2. The van der Waals surface area contributed by atoms with Crippen molar-refractivity contribution in [1.82, 2.24) is 0 Å². The first kappa shape index (κ1) is 33.2. The van der Waals surface area contributed by atoms with Crippen LogP contribution in [0.15, 0.2) is 146 Å². The van der Waals surface area contributed by atoms with Crippen LogP contribution in [0.1, 0.15) is 76.3 Å². The average Bonchev–Trinajstić information content (AvgIpc) is 3.74. The van der Waals surface area contributed by atoms with Gasteiger partial charge < -0.3 is 4.90 Å². The number of hydrogen-bond donors (Lipinski definition) is 0. The summed E-state index contributed by atoms with van der Waals surface area (Å²) in [5.41, 5.74) is 18.2. The van der Waals surface area contributed by atoms with E-state index in [4.69, 9.17) is 0 Å². The minimum Gasteiger partial charge on any atom is -0.310 e. The number of nitrogens with zero attached hydrogens (tertiary/aromatic N) is 1. The highest BCUT2D eigenvalue weighted by atomic mass is 32.1. The minimum atomic E-state index is -0.245. The molecule has 0 spiro atoms. The van der Waals surface area contributed by atoms with Gasteiger partial charge in [0, 0.05) is 42.4 Å². The molecule has 0 N–H and O–H groups in total. The summed E-state index contributed by atoms with van der Waals surface area (Å²) in [5, 5.41) is 2.64. The van der Waals surface area contributed by atoms with Gasteiger partial charge in [-0.2, -0.15) is 0 Å². The molecule has 7 aromatic carbocycles. The van der Waals surface area contributed by atoms with Crippen LogP contribution in [0.25, 0.3) is 53.6 Å². The third-order valence-corrected chi connectivity index (χ3v) is 13.4. The van der Waals surface area contributed by atoms with Crippen LogP contribution in [0.5, 0.6) is 0 Å². The van der Waals surface area contributed by atoms with Gasteiger partial charge in [0.25, 0.3) is 0 Å². The van der Waals surface area contributed by atoms with Gasteiger partial charge in [-0.15, -0.1) is 11.3 Å². The van der Waals surface area contributed by atoms with Gasteiger partial charge in [-0.3, -0.25) is 0 Å². The average molecular weight is 716 g/mol. The van der Waals surface area contributed by atoms with Crippen LogP contribution in [0.2, 0.25) is 0 Å². The third kappa shape index (κ3) is 4.62. The first-order chi connectivity index (χ1) is 26.0. The third-order valence-electron chi connectivity index (χ3n) is 12.3. The second kappa shape index (κ2) is 11.5. The quantitative estimate of drug-likeness (QED) is 0.175. The van der Waals surface area contributed by atoms with Gasteiger partial charge in [0.1, 0.15) is 0 Å². The summed E-state index contributed by atoms with van der Waals surface area (Å²) in [5.74, 6) is 0. The molecule has 0 bridgehead atoms. The molecular weight excluding hydrogens is 671 g/mol. The van der Waals surface area contributed by atoms with Crippen molar-refractivity contribution < 1.29 is 0 Å². The van der Waals surface area contributed by atoms with Crippen molar-refractivity contribution in [3.63, 3.8) is 0 Å². The zero-order valence-corrected chi connectivity index (χ0v) is 33.0. The molecule has 0 saturated carbocycles. The van der Waals surface area contributed by atoms with E-state index in [2.05, 4.69) is 199 Å². The fourth-order valence-corrected chi connectivity index (χ4v) is 11.1. The minimum absolute atomic E-state index is 0.105. The van der Waals surface area contributed by atoms with Crippen LogP contribution in [-0.4, -0.2) is 0 Å². The van der Waals surface area contributed by atoms with Crippen molar-refractivity contribution >= 4 is 48.6 Å². The largest absolute Gasteiger partial charge is 0.310 e. The molecule has 1 nitrogen and oxygen atoms in total. The van der Waals surface area contributed by atoms with Gasteiger partial charge in [0.15, 0.2) is 0 Å². The van der Waals surface area contributed by atoms with Gasteiger partial charge in [-0.1, -0.05) is 164 Å². The summed E-state index contributed by atoms with van der Waals surface area (Å²) in [4.78, 5) is 2.63. The molecule has 8 aromatic rings. The molecule has 54 heavy (non-hydrogen) atoms. The number of benzene rings is 7. The van der Waals surface area contributed by atoms with Crippen molar-refractivity contribution in [3.8, 4) is 33.4 Å². The smallest absolute Gasteiger partial charge is 0.0556 e. The van der Waals surface area contributed by atoms with E-state index in [9.17, 15) is 0 Å². The molecule has 2 aliphatic rings. The normalized spacial score (nSPS) is 14.9. The van der Waals surface area contributed by atoms with E-state index >= 15 is 0 Å². The fraction of sp³-hybridized carbons (Fsp3) is 0.192. The number of thiophene rings is 1. The summed E-state index contributed by atoms with van der Waals surface area (Å²) in [6.07, 6.45) is 0. The van der Waals surface area contributed by atoms with Crippen LogP contribution in [-0.2, 0) is 16.2 Å². The molecule has 0 radical (unpaired) electrons. The maximum atomic E-state index is 2.63. The van der Waals surface area contributed by atoms with Crippen molar-refractivity contribution in [2.75, 3.05) is 4.90 Å². The van der Waals surface area contributed by atoms with Crippen molar-refractivity contribution in [2.24, 2.45) is 0 Å².